The van der Waals surface area contributed by atoms with Crippen LogP contribution < -0.4 is 4.74 Å². The zero-order chi connectivity index (χ0) is 24.1. The molecule has 0 radical (unpaired) electrons. The molecule has 2 saturated heterocycles. The normalized spacial score (nSPS) is 20.9. The number of benzene rings is 1. The van der Waals surface area contributed by atoms with Crippen molar-refractivity contribution in [3.63, 3.8) is 0 Å². The minimum atomic E-state index is -0.637. The Kier molecular flexibility index (Phi) is 8.03. The van der Waals surface area contributed by atoms with Gasteiger partial charge >= 0.3 is 0 Å². The van der Waals surface area contributed by atoms with Crippen LogP contribution in [-0.4, -0.2) is 72.6 Å². The molecule has 2 aliphatic rings. The van der Waals surface area contributed by atoms with E-state index >= 15 is 0 Å². The third-order valence-corrected chi connectivity index (χ3v) is 6.97. The molecular weight excluding hydrogens is 452 g/mol. The van der Waals surface area contributed by atoms with Crippen LogP contribution in [0, 0.1) is 5.92 Å². The van der Waals surface area contributed by atoms with Gasteiger partial charge in [0.2, 0.25) is 0 Å². The lowest BCUT2D eigenvalue weighted by atomic mass is 10.00. The Morgan fingerprint density at radius 2 is 1.88 bits per heavy atom. The van der Waals surface area contributed by atoms with Crippen LogP contribution in [0.5, 0.6) is 5.75 Å². The molecule has 0 bridgehead atoms. The van der Waals surface area contributed by atoms with Gasteiger partial charge in [-0.3, -0.25) is 14.5 Å². The average Bonchev–Trinajstić information content (AvgIpc) is 3.46. The van der Waals surface area contributed by atoms with Crippen molar-refractivity contribution in [2.24, 2.45) is 5.92 Å². The lowest BCUT2D eigenvalue weighted by molar-refractivity contribution is -0.140. The lowest BCUT2D eigenvalue weighted by Crippen LogP contribution is -2.38. The lowest BCUT2D eigenvalue weighted by Gasteiger charge is -2.28. The number of thiophene rings is 1. The van der Waals surface area contributed by atoms with Gasteiger partial charge in [-0.05, 0) is 48.1 Å². The summed E-state index contributed by atoms with van der Waals surface area (Å²) in [6, 6.07) is 10.2. The van der Waals surface area contributed by atoms with Gasteiger partial charge in [-0.1, -0.05) is 19.9 Å². The van der Waals surface area contributed by atoms with Crippen molar-refractivity contribution in [2.45, 2.75) is 26.3 Å². The van der Waals surface area contributed by atoms with E-state index in [9.17, 15) is 14.7 Å². The van der Waals surface area contributed by atoms with E-state index in [-0.39, 0.29) is 11.3 Å². The quantitative estimate of drug-likeness (QED) is 0.330. The van der Waals surface area contributed by atoms with E-state index in [4.69, 9.17) is 9.47 Å². The van der Waals surface area contributed by atoms with E-state index in [0.717, 1.165) is 44.1 Å². The molecule has 3 heterocycles. The first-order valence-electron chi connectivity index (χ1n) is 11.8. The van der Waals surface area contributed by atoms with E-state index in [1.807, 2.05) is 17.5 Å². The molecule has 2 fully saturated rings. The summed E-state index contributed by atoms with van der Waals surface area (Å²) in [7, 11) is 0. The number of nitrogens with zero attached hydrogens (tertiary/aromatic N) is 2. The summed E-state index contributed by atoms with van der Waals surface area (Å²) < 4.78 is 11.1. The highest BCUT2D eigenvalue weighted by Crippen LogP contribution is 2.41. The standard InChI is InChI=1S/C26H32N2O5S/c1-18(2)17-33-20-8-6-19(7-9-20)24(29)22-23(21-5-3-16-34-21)28(26(31)25(22)30)11-4-10-27-12-14-32-15-13-27/h3,5-9,16,18,23,29H,4,10-15,17H2,1-2H3/b24-22+/t23-/m0/s1. The maximum Gasteiger partial charge on any atom is 0.295 e. The Morgan fingerprint density at radius 1 is 1.15 bits per heavy atom. The molecule has 0 unspecified atom stereocenters. The monoisotopic (exact) mass is 484 g/mol. The molecule has 182 valence electrons. The van der Waals surface area contributed by atoms with E-state index in [1.165, 1.54) is 11.3 Å². The minimum Gasteiger partial charge on any atom is -0.507 e. The fraction of sp³-hybridized carbons (Fsp3) is 0.462. The highest BCUT2D eigenvalue weighted by atomic mass is 32.1. The molecular formula is C26H32N2O5S. The van der Waals surface area contributed by atoms with Gasteiger partial charge in [-0.25, -0.2) is 0 Å². The van der Waals surface area contributed by atoms with Gasteiger partial charge in [-0.15, -0.1) is 11.3 Å². The average molecular weight is 485 g/mol. The number of ether oxygens (including phenoxy) is 2. The van der Waals surface area contributed by atoms with E-state index in [2.05, 4.69) is 18.7 Å². The summed E-state index contributed by atoms with van der Waals surface area (Å²) in [5.74, 6) is -0.245. The number of aliphatic hydroxyl groups excluding tert-OH is 1. The summed E-state index contributed by atoms with van der Waals surface area (Å²) in [6.45, 7) is 9.23. The molecule has 1 atom stereocenters. The second-order valence-corrected chi connectivity index (χ2v) is 10.0. The molecule has 4 rings (SSSR count). The van der Waals surface area contributed by atoms with Gasteiger partial charge in [0.1, 0.15) is 11.5 Å². The van der Waals surface area contributed by atoms with Crippen molar-refractivity contribution in [2.75, 3.05) is 46.0 Å². The smallest absolute Gasteiger partial charge is 0.295 e. The number of Topliss-reactive ketones (excluding diaryl/α,β-unsaturated/α-hetero) is 1. The predicted octanol–water partition coefficient (Wildman–Crippen LogP) is 3.93. The summed E-state index contributed by atoms with van der Waals surface area (Å²) in [6.07, 6.45) is 0.747. The Labute approximate surface area is 204 Å². The summed E-state index contributed by atoms with van der Waals surface area (Å²) in [4.78, 5) is 30.9. The number of carbonyl (C=O) groups excluding carboxylic acids is 2. The molecule has 34 heavy (non-hydrogen) atoms. The van der Waals surface area contributed by atoms with Crippen molar-refractivity contribution < 1.29 is 24.2 Å². The molecule has 8 heteroatoms. The molecule has 2 aromatic rings. The van der Waals surface area contributed by atoms with Gasteiger partial charge in [0.25, 0.3) is 11.7 Å². The second kappa shape index (κ2) is 11.2. The van der Waals surface area contributed by atoms with Crippen molar-refractivity contribution >= 4 is 28.8 Å². The van der Waals surface area contributed by atoms with E-state index in [0.29, 0.717) is 30.4 Å². The maximum atomic E-state index is 13.1. The van der Waals surface area contributed by atoms with Crippen LogP contribution in [0.3, 0.4) is 0 Å². The third kappa shape index (κ3) is 5.51. The van der Waals surface area contributed by atoms with Crippen LogP contribution in [0.15, 0.2) is 47.4 Å². The summed E-state index contributed by atoms with van der Waals surface area (Å²) in [5, 5.41) is 13.1. The molecule has 1 aromatic carbocycles. The number of hydrogen-bond donors (Lipinski definition) is 1. The van der Waals surface area contributed by atoms with Crippen LogP contribution in [-0.2, 0) is 14.3 Å². The molecule has 1 aromatic heterocycles. The number of rotatable bonds is 9. The zero-order valence-corrected chi connectivity index (χ0v) is 20.6. The highest BCUT2D eigenvalue weighted by Gasteiger charge is 2.46. The largest absolute Gasteiger partial charge is 0.507 e. The van der Waals surface area contributed by atoms with Crippen LogP contribution >= 0.6 is 11.3 Å². The first-order valence-corrected chi connectivity index (χ1v) is 12.7. The fourth-order valence-corrected chi connectivity index (χ4v) is 5.12. The minimum absolute atomic E-state index is 0.148. The molecule has 0 saturated carbocycles. The maximum absolute atomic E-state index is 13.1. The van der Waals surface area contributed by atoms with Crippen molar-refractivity contribution in [3.05, 3.63) is 57.8 Å². The number of carbonyl (C=O) groups is 2. The molecule has 7 nitrogen and oxygen atoms in total. The predicted molar refractivity (Wildman–Crippen MR) is 132 cm³/mol. The number of ketones is 1. The number of hydrogen-bond acceptors (Lipinski definition) is 7. The zero-order valence-electron chi connectivity index (χ0n) is 19.7. The van der Waals surface area contributed by atoms with Gasteiger partial charge in [-0.2, -0.15) is 0 Å². The molecule has 2 aliphatic heterocycles. The third-order valence-electron chi connectivity index (χ3n) is 6.04. The van der Waals surface area contributed by atoms with Crippen LogP contribution in [0.25, 0.3) is 5.76 Å². The molecule has 0 aliphatic carbocycles. The van der Waals surface area contributed by atoms with Crippen LogP contribution in [0.1, 0.15) is 36.8 Å². The first kappa shape index (κ1) is 24.4. The Balaban J connectivity index is 1.56. The van der Waals surface area contributed by atoms with Gasteiger partial charge in [0.05, 0.1) is 31.4 Å². The van der Waals surface area contributed by atoms with Crippen molar-refractivity contribution in [3.8, 4) is 5.75 Å². The van der Waals surface area contributed by atoms with Crippen LogP contribution in [0.4, 0.5) is 0 Å². The van der Waals surface area contributed by atoms with E-state index in [1.54, 1.807) is 29.2 Å². The number of amides is 1. The SMILES string of the molecule is CC(C)COc1ccc(/C(O)=C2\C(=O)C(=O)N(CCCN3CCOCC3)[C@H]2c2cccs2)cc1. The Bertz CT molecular complexity index is 1010. The highest BCUT2D eigenvalue weighted by molar-refractivity contribution is 7.10. The fourth-order valence-electron chi connectivity index (χ4n) is 4.27. The number of morpholine rings is 1. The second-order valence-electron chi connectivity index (χ2n) is 9.04. The van der Waals surface area contributed by atoms with Crippen molar-refractivity contribution in [1.29, 1.82) is 0 Å². The molecule has 1 N–H and O–H groups in total. The van der Waals surface area contributed by atoms with Gasteiger partial charge in [0.15, 0.2) is 0 Å². The Morgan fingerprint density at radius 3 is 2.53 bits per heavy atom. The number of aliphatic hydroxyl groups is 1. The first-order chi connectivity index (χ1) is 16.5. The van der Waals surface area contributed by atoms with Crippen LogP contribution in [0.2, 0.25) is 0 Å². The van der Waals surface area contributed by atoms with Crippen molar-refractivity contribution in [1.82, 2.24) is 9.80 Å². The van der Waals surface area contributed by atoms with Gasteiger partial charge < -0.3 is 19.5 Å². The number of likely N-dealkylation sites (tertiary alicyclic amines) is 1. The molecule has 0 spiro atoms. The molecule has 1 amide bonds. The summed E-state index contributed by atoms with van der Waals surface area (Å²) >= 11 is 1.48. The van der Waals surface area contributed by atoms with Gasteiger partial charge in [0, 0.05) is 36.6 Å². The topological polar surface area (TPSA) is 79.3 Å². The van der Waals surface area contributed by atoms with E-state index < -0.39 is 17.7 Å². The summed E-state index contributed by atoms with van der Waals surface area (Å²) in [5.41, 5.74) is 0.638. The Hall–Kier alpha value is -2.68.